The molecule has 0 saturated carbocycles. The molecule has 0 amide bonds. The van der Waals surface area contributed by atoms with Crippen LogP contribution in [-0.4, -0.2) is 4.92 Å². The zero-order chi connectivity index (χ0) is 10.7. The zero-order valence-electron chi connectivity index (χ0n) is 7.62. The minimum absolute atomic E-state index is 0.163. The molecule has 5 heteroatoms. The van der Waals surface area contributed by atoms with Crippen LogP contribution in [0.15, 0.2) is 50.9 Å². The van der Waals surface area contributed by atoms with Crippen LogP contribution in [-0.2, 0) is 0 Å². The van der Waals surface area contributed by atoms with E-state index in [9.17, 15) is 10.1 Å². The highest BCUT2D eigenvalue weighted by atomic mass is 32.2. The molecular formula is C10H7NO2S2. The van der Waals surface area contributed by atoms with E-state index in [1.165, 1.54) is 17.8 Å². The molecule has 3 nitrogen and oxygen atoms in total. The van der Waals surface area contributed by atoms with Gasteiger partial charge in [0.2, 0.25) is 0 Å². The fraction of sp³-hybridized carbons (Fsp3) is 0. The number of nitro benzene ring substituents is 1. The normalized spacial score (nSPS) is 10.1. The summed E-state index contributed by atoms with van der Waals surface area (Å²) in [4.78, 5) is 11.1. The summed E-state index contributed by atoms with van der Waals surface area (Å²) in [5, 5.41) is 12.7. The summed E-state index contributed by atoms with van der Waals surface area (Å²) >= 11 is 3.00. The summed E-state index contributed by atoms with van der Waals surface area (Å²) < 4.78 is 1.06. The largest absolute Gasteiger partial charge is 0.283 e. The number of rotatable bonds is 3. The van der Waals surface area contributed by atoms with Gasteiger partial charge in [-0.2, -0.15) is 0 Å². The molecule has 0 spiro atoms. The average molecular weight is 237 g/mol. The second kappa shape index (κ2) is 4.46. The van der Waals surface area contributed by atoms with Gasteiger partial charge in [0.1, 0.15) is 0 Å². The van der Waals surface area contributed by atoms with Crippen molar-refractivity contribution in [3.8, 4) is 0 Å². The van der Waals surface area contributed by atoms with Gasteiger partial charge in [-0.05, 0) is 17.5 Å². The zero-order valence-corrected chi connectivity index (χ0v) is 9.25. The Bertz CT molecular complexity index is 468. The van der Waals surface area contributed by atoms with Crippen LogP contribution in [0.25, 0.3) is 0 Å². The molecule has 0 N–H and O–H groups in total. The quantitative estimate of drug-likeness (QED) is 0.602. The molecule has 0 saturated heterocycles. The van der Waals surface area contributed by atoms with Crippen molar-refractivity contribution in [2.45, 2.75) is 9.10 Å². The summed E-state index contributed by atoms with van der Waals surface area (Å²) in [7, 11) is 0. The van der Waals surface area contributed by atoms with Crippen LogP contribution >= 0.6 is 23.1 Å². The summed E-state index contributed by atoms with van der Waals surface area (Å²) in [5.74, 6) is 0. The molecule has 0 bridgehead atoms. The molecule has 0 atom stereocenters. The van der Waals surface area contributed by atoms with Crippen molar-refractivity contribution in [2.24, 2.45) is 0 Å². The van der Waals surface area contributed by atoms with Crippen molar-refractivity contribution in [3.05, 3.63) is 51.9 Å². The SMILES string of the molecule is O=[N+]([O-])c1ccccc1Sc1cccs1. The number of hydrogen-bond donors (Lipinski definition) is 0. The van der Waals surface area contributed by atoms with Crippen LogP contribution in [0.5, 0.6) is 0 Å². The Kier molecular flexibility index (Phi) is 3.03. The lowest BCUT2D eigenvalue weighted by molar-refractivity contribution is -0.387. The van der Waals surface area contributed by atoms with E-state index in [-0.39, 0.29) is 10.6 Å². The van der Waals surface area contributed by atoms with E-state index in [0.29, 0.717) is 4.90 Å². The summed E-state index contributed by atoms with van der Waals surface area (Å²) in [6, 6.07) is 10.7. The maximum atomic E-state index is 10.7. The van der Waals surface area contributed by atoms with Crippen LogP contribution in [0, 0.1) is 10.1 Å². The van der Waals surface area contributed by atoms with Crippen molar-refractivity contribution >= 4 is 28.8 Å². The van der Waals surface area contributed by atoms with Gasteiger partial charge in [-0.3, -0.25) is 10.1 Å². The van der Waals surface area contributed by atoms with E-state index in [0.717, 1.165) is 4.21 Å². The van der Waals surface area contributed by atoms with Crippen molar-refractivity contribution in [3.63, 3.8) is 0 Å². The summed E-state index contributed by atoms with van der Waals surface area (Å²) in [6.07, 6.45) is 0. The lowest BCUT2D eigenvalue weighted by atomic mass is 10.3. The minimum atomic E-state index is -0.351. The Hall–Kier alpha value is -1.33. The Morgan fingerprint density at radius 2 is 2.00 bits per heavy atom. The van der Waals surface area contributed by atoms with E-state index in [1.54, 1.807) is 23.5 Å². The molecule has 2 rings (SSSR count). The standard InChI is InChI=1S/C10H7NO2S2/c12-11(13)8-4-1-2-5-9(8)15-10-6-3-7-14-10/h1-7H. The van der Waals surface area contributed by atoms with Crippen LogP contribution < -0.4 is 0 Å². The topological polar surface area (TPSA) is 43.1 Å². The number of benzene rings is 1. The third-order valence-corrected chi connectivity index (χ3v) is 3.87. The highest BCUT2D eigenvalue weighted by Crippen LogP contribution is 2.36. The van der Waals surface area contributed by atoms with Crippen LogP contribution in [0.1, 0.15) is 0 Å². The first-order chi connectivity index (χ1) is 7.27. The fourth-order valence-electron chi connectivity index (χ4n) is 1.12. The Morgan fingerprint density at radius 3 is 2.67 bits per heavy atom. The average Bonchev–Trinajstić information content (AvgIpc) is 2.71. The van der Waals surface area contributed by atoms with Gasteiger partial charge >= 0.3 is 0 Å². The molecule has 1 aromatic heterocycles. The van der Waals surface area contributed by atoms with E-state index in [1.807, 2.05) is 23.6 Å². The van der Waals surface area contributed by atoms with E-state index in [4.69, 9.17) is 0 Å². The van der Waals surface area contributed by atoms with Crippen molar-refractivity contribution in [2.75, 3.05) is 0 Å². The second-order valence-corrected chi connectivity index (χ2v) is 5.05. The van der Waals surface area contributed by atoms with Gasteiger partial charge in [-0.15, -0.1) is 11.3 Å². The minimum Gasteiger partial charge on any atom is -0.258 e. The maximum Gasteiger partial charge on any atom is 0.283 e. The van der Waals surface area contributed by atoms with Gasteiger partial charge in [-0.25, -0.2) is 0 Å². The molecule has 1 aromatic carbocycles. The highest BCUT2D eigenvalue weighted by molar-refractivity contribution is 8.01. The van der Waals surface area contributed by atoms with E-state index in [2.05, 4.69) is 0 Å². The number of thiophene rings is 1. The van der Waals surface area contributed by atoms with Crippen molar-refractivity contribution in [1.29, 1.82) is 0 Å². The van der Waals surface area contributed by atoms with Crippen LogP contribution in [0.2, 0.25) is 0 Å². The lowest BCUT2D eigenvalue weighted by Crippen LogP contribution is -1.89. The molecule has 1 heterocycles. The predicted molar refractivity (Wildman–Crippen MR) is 61.5 cm³/mol. The summed E-state index contributed by atoms with van der Waals surface area (Å²) in [6.45, 7) is 0. The molecule has 0 aliphatic carbocycles. The van der Waals surface area contributed by atoms with Crippen LogP contribution in [0.4, 0.5) is 5.69 Å². The number of para-hydroxylation sites is 1. The fourth-order valence-corrected chi connectivity index (χ4v) is 2.96. The first-order valence-corrected chi connectivity index (χ1v) is 5.92. The molecule has 2 aromatic rings. The van der Waals surface area contributed by atoms with Gasteiger partial charge in [0.15, 0.2) is 0 Å². The van der Waals surface area contributed by atoms with Gasteiger partial charge in [0, 0.05) is 6.07 Å². The first kappa shape index (κ1) is 10.2. The Labute approximate surface area is 94.9 Å². The Morgan fingerprint density at radius 1 is 1.20 bits per heavy atom. The number of hydrogen-bond acceptors (Lipinski definition) is 4. The third-order valence-electron chi connectivity index (χ3n) is 1.77. The monoisotopic (exact) mass is 237 g/mol. The molecule has 0 aliphatic heterocycles. The highest BCUT2D eigenvalue weighted by Gasteiger charge is 2.13. The molecule has 0 unspecified atom stereocenters. The molecule has 76 valence electrons. The molecular weight excluding hydrogens is 230 g/mol. The van der Waals surface area contributed by atoms with Gasteiger partial charge in [0.05, 0.1) is 14.0 Å². The Balaban J connectivity index is 2.32. The first-order valence-electron chi connectivity index (χ1n) is 4.22. The predicted octanol–water partition coefficient (Wildman–Crippen LogP) is 3.81. The molecule has 0 fully saturated rings. The van der Waals surface area contributed by atoms with Gasteiger partial charge in [0.25, 0.3) is 5.69 Å². The van der Waals surface area contributed by atoms with Crippen LogP contribution in [0.3, 0.4) is 0 Å². The summed E-state index contributed by atoms with van der Waals surface area (Å²) in [5.41, 5.74) is 0.163. The third kappa shape index (κ3) is 2.37. The number of nitrogens with zero attached hydrogens (tertiary/aromatic N) is 1. The molecule has 15 heavy (non-hydrogen) atoms. The van der Waals surface area contributed by atoms with E-state index < -0.39 is 0 Å². The molecule has 0 radical (unpaired) electrons. The van der Waals surface area contributed by atoms with Crippen molar-refractivity contribution in [1.82, 2.24) is 0 Å². The van der Waals surface area contributed by atoms with E-state index >= 15 is 0 Å². The smallest absolute Gasteiger partial charge is 0.258 e. The molecule has 0 aliphatic rings. The second-order valence-electron chi connectivity index (χ2n) is 2.76. The van der Waals surface area contributed by atoms with Crippen molar-refractivity contribution < 1.29 is 4.92 Å². The maximum absolute atomic E-state index is 10.7. The van der Waals surface area contributed by atoms with Gasteiger partial charge in [-0.1, -0.05) is 30.0 Å². The van der Waals surface area contributed by atoms with Gasteiger partial charge < -0.3 is 0 Å². The number of nitro groups is 1. The lowest BCUT2D eigenvalue weighted by Gasteiger charge is -1.99.